The Labute approximate surface area is 108 Å². The van der Waals surface area contributed by atoms with Gasteiger partial charge in [0.15, 0.2) is 0 Å². The van der Waals surface area contributed by atoms with Crippen molar-refractivity contribution in [3.05, 3.63) is 35.4 Å². The molecule has 0 saturated carbocycles. The van der Waals surface area contributed by atoms with E-state index < -0.39 is 7.05 Å². The molecule has 1 saturated heterocycles. The highest BCUT2D eigenvalue weighted by Crippen LogP contribution is 2.32. The predicted molar refractivity (Wildman–Crippen MR) is 70.3 cm³/mol. The van der Waals surface area contributed by atoms with Crippen LogP contribution >= 0.6 is 0 Å². The second-order valence-electron chi connectivity index (χ2n) is 4.64. The molecule has 18 heavy (non-hydrogen) atoms. The number of hydrogen-bond acceptors (Lipinski definition) is 4. The Kier molecular flexibility index (Phi) is 4.04. The average molecular weight is 247 g/mol. The van der Waals surface area contributed by atoms with Gasteiger partial charge in [-0.1, -0.05) is 12.1 Å². The molecule has 0 aliphatic carbocycles. The van der Waals surface area contributed by atoms with E-state index in [1.165, 1.54) is 7.11 Å². The lowest BCUT2D eigenvalue weighted by Gasteiger charge is -2.25. The zero-order valence-corrected chi connectivity index (χ0v) is 10.8. The van der Waals surface area contributed by atoms with Crippen LogP contribution in [0, 0.1) is 0 Å². The highest BCUT2D eigenvalue weighted by Gasteiger charge is 2.31. The Bertz CT molecular complexity index is 436. The largest absolute Gasteiger partial charge is 0.465 e. The molecule has 1 unspecified atom stereocenters. The minimum Gasteiger partial charge on any atom is -0.465 e. The predicted octanol–water partition coefficient (Wildman–Crippen LogP) is 1.72. The zero-order chi connectivity index (χ0) is 13.1. The number of benzene rings is 1. The molecule has 5 heteroatoms. The van der Waals surface area contributed by atoms with E-state index in [1.54, 1.807) is 12.9 Å². The van der Waals surface area contributed by atoms with Gasteiger partial charge in [0, 0.05) is 6.04 Å². The molecule has 1 atom stereocenters. The first-order chi connectivity index (χ1) is 8.63. The third kappa shape index (κ3) is 2.57. The van der Waals surface area contributed by atoms with Crippen molar-refractivity contribution in [1.82, 2.24) is 4.81 Å². The van der Waals surface area contributed by atoms with Crippen LogP contribution in [0.1, 0.15) is 34.8 Å². The molecular weight excluding hydrogens is 229 g/mol. The normalized spacial score (nSPS) is 19.8. The van der Waals surface area contributed by atoms with E-state index in [2.05, 4.69) is 4.81 Å². The number of ether oxygens (including phenoxy) is 1. The van der Waals surface area contributed by atoms with Crippen LogP contribution in [0.4, 0.5) is 0 Å². The van der Waals surface area contributed by atoms with E-state index in [1.807, 2.05) is 18.2 Å². The highest BCUT2D eigenvalue weighted by atomic mass is 16.5. The second kappa shape index (κ2) is 5.54. The van der Waals surface area contributed by atoms with Crippen LogP contribution in [0.5, 0.6) is 0 Å². The first-order valence-corrected chi connectivity index (χ1v) is 6.25. The highest BCUT2D eigenvalue weighted by molar-refractivity contribution is 6.45. The van der Waals surface area contributed by atoms with Gasteiger partial charge >= 0.3 is 13.0 Å². The summed E-state index contributed by atoms with van der Waals surface area (Å²) in [7, 11) is 0.923. The minimum absolute atomic E-state index is 0.189. The van der Waals surface area contributed by atoms with E-state index >= 15 is 0 Å². The van der Waals surface area contributed by atoms with E-state index in [9.17, 15) is 9.82 Å². The summed E-state index contributed by atoms with van der Waals surface area (Å²) < 4.78 is 4.73. The van der Waals surface area contributed by atoms with Crippen molar-refractivity contribution in [2.24, 2.45) is 0 Å². The SMILES string of the molecule is COC(=O)c1cccc(C2CCCN2B(C)O)c1. The van der Waals surface area contributed by atoms with E-state index in [-0.39, 0.29) is 12.0 Å². The molecule has 2 rings (SSSR count). The lowest BCUT2D eigenvalue weighted by atomic mass is 9.83. The Balaban J connectivity index is 2.25. The van der Waals surface area contributed by atoms with Crippen LogP contribution < -0.4 is 0 Å². The van der Waals surface area contributed by atoms with E-state index in [4.69, 9.17) is 4.74 Å². The van der Waals surface area contributed by atoms with Crippen LogP contribution in [-0.4, -0.2) is 36.5 Å². The van der Waals surface area contributed by atoms with Crippen LogP contribution in [-0.2, 0) is 4.74 Å². The zero-order valence-electron chi connectivity index (χ0n) is 10.8. The summed E-state index contributed by atoms with van der Waals surface area (Å²) in [4.78, 5) is 13.6. The van der Waals surface area contributed by atoms with Crippen LogP contribution in [0.15, 0.2) is 24.3 Å². The number of rotatable bonds is 3. The molecule has 96 valence electrons. The second-order valence-corrected chi connectivity index (χ2v) is 4.64. The van der Waals surface area contributed by atoms with Crippen molar-refractivity contribution >= 4 is 13.0 Å². The number of carbonyl (C=O) groups is 1. The number of carbonyl (C=O) groups excluding carboxylic acids is 1. The molecule has 1 aromatic rings. The molecule has 1 heterocycles. The summed E-state index contributed by atoms with van der Waals surface area (Å²) in [5.41, 5.74) is 1.63. The molecule has 1 aromatic carbocycles. The van der Waals surface area contributed by atoms with Crippen LogP contribution in [0.3, 0.4) is 0 Å². The van der Waals surface area contributed by atoms with Gasteiger partial charge in [-0.05, 0) is 43.9 Å². The maximum absolute atomic E-state index is 11.5. The molecule has 1 aliphatic heterocycles. The molecule has 4 nitrogen and oxygen atoms in total. The average Bonchev–Trinajstić information content (AvgIpc) is 2.87. The number of methoxy groups -OCH3 is 1. The van der Waals surface area contributed by atoms with Gasteiger partial charge in [0.05, 0.1) is 12.7 Å². The van der Waals surface area contributed by atoms with Crippen LogP contribution in [0.2, 0.25) is 6.82 Å². The smallest absolute Gasteiger partial charge is 0.376 e. The fourth-order valence-electron chi connectivity index (χ4n) is 2.59. The number of nitrogens with zero attached hydrogens (tertiary/aromatic N) is 1. The lowest BCUT2D eigenvalue weighted by molar-refractivity contribution is 0.0600. The fourth-order valence-corrected chi connectivity index (χ4v) is 2.59. The maximum atomic E-state index is 11.5. The summed E-state index contributed by atoms with van der Waals surface area (Å²) in [5, 5.41) is 9.74. The third-order valence-electron chi connectivity index (χ3n) is 3.47. The number of hydrogen-bond donors (Lipinski definition) is 1. The van der Waals surface area contributed by atoms with Gasteiger partial charge in [0.25, 0.3) is 0 Å². The minimum atomic E-state index is -0.459. The van der Waals surface area contributed by atoms with Gasteiger partial charge in [-0.15, -0.1) is 0 Å². The Hall–Kier alpha value is -1.33. The topological polar surface area (TPSA) is 49.8 Å². The standard InChI is InChI=1S/C13H18BNO3/c1-14(17)15-8-4-7-12(15)10-5-3-6-11(9-10)13(16)18-2/h3,5-6,9,12,17H,4,7-8H2,1-2H3. The Morgan fingerprint density at radius 1 is 1.56 bits per heavy atom. The monoisotopic (exact) mass is 247 g/mol. The summed E-state index contributed by atoms with van der Waals surface area (Å²) >= 11 is 0. The first-order valence-electron chi connectivity index (χ1n) is 6.25. The fraction of sp³-hybridized carbons (Fsp3) is 0.462. The van der Waals surface area contributed by atoms with Gasteiger partial charge in [0.1, 0.15) is 0 Å². The molecule has 1 fully saturated rings. The maximum Gasteiger partial charge on any atom is 0.376 e. The van der Waals surface area contributed by atoms with Gasteiger partial charge in [0.2, 0.25) is 0 Å². The summed E-state index contributed by atoms with van der Waals surface area (Å²) in [6, 6.07) is 7.65. The molecule has 0 amide bonds. The van der Waals surface area contributed by atoms with E-state index in [0.29, 0.717) is 5.56 Å². The van der Waals surface area contributed by atoms with E-state index in [0.717, 1.165) is 24.9 Å². The molecule has 0 spiro atoms. The Morgan fingerprint density at radius 3 is 3.00 bits per heavy atom. The third-order valence-corrected chi connectivity index (χ3v) is 3.47. The lowest BCUT2D eigenvalue weighted by Crippen LogP contribution is -2.36. The molecule has 0 aromatic heterocycles. The summed E-state index contributed by atoms with van der Waals surface area (Å²) in [5.74, 6) is -0.321. The quantitative estimate of drug-likeness (QED) is 0.652. The molecule has 1 aliphatic rings. The van der Waals surface area contributed by atoms with Gasteiger partial charge < -0.3 is 14.6 Å². The summed E-state index contributed by atoms with van der Waals surface area (Å²) in [6.45, 7) is 2.67. The van der Waals surface area contributed by atoms with Crippen molar-refractivity contribution in [1.29, 1.82) is 0 Å². The van der Waals surface area contributed by atoms with Gasteiger partial charge in [-0.3, -0.25) is 0 Å². The van der Waals surface area contributed by atoms with Crippen molar-refractivity contribution in [2.45, 2.75) is 25.7 Å². The van der Waals surface area contributed by atoms with Crippen molar-refractivity contribution in [3.63, 3.8) is 0 Å². The van der Waals surface area contributed by atoms with Crippen LogP contribution in [0.25, 0.3) is 0 Å². The molecule has 1 N–H and O–H groups in total. The Morgan fingerprint density at radius 2 is 2.33 bits per heavy atom. The first kappa shape index (κ1) is 13.1. The molecular formula is C13H18BNO3. The number of esters is 1. The van der Waals surface area contributed by atoms with Crippen molar-refractivity contribution in [3.8, 4) is 0 Å². The summed E-state index contributed by atoms with van der Waals surface area (Å²) in [6.07, 6.45) is 2.08. The van der Waals surface area contributed by atoms with Gasteiger partial charge in [-0.25, -0.2) is 4.79 Å². The molecule has 0 radical (unpaired) electrons. The molecule has 0 bridgehead atoms. The van der Waals surface area contributed by atoms with Crippen molar-refractivity contribution in [2.75, 3.05) is 13.7 Å². The van der Waals surface area contributed by atoms with Gasteiger partial charge in [-0.2, -0.15) is 0 Å². The van der Waals surface area contributed by atoms with Crippen molar-refractivity contribution < 1.29 is 14.6 Å².